The van der Waals surface area contributed by atoms with E-state index in [1.54, 1.807) is 0 Å². The Morgan fingerprint density at radius 3 is 2.47 bits per heavy atom. The summed E-state index contributed by atoms with van der Waals surface area (Å²) >= 11 is 0. The first kappa shape index (κ1) is 23.7. The molecule has 1 aliphatic heterocycles. The quantitative estimate of drug-likeness (QED) is 0.278. The van der Waals surface area contributed by atoms with E-state index in [-0.39, 0.29) is 18.7 Å². The summed E-state index contributed by atoms with van der Waals surface area (Å²) in [7, 11) is 0. The van der Waals surface area contributed by atoms with Gasteiger partial charge in [-0.3, -0.25) is 0 Å². The maximum absolute atomic E-state index is 12.7. The number of carbonyl (C=O) groups excluding carboxylic acids is 1. The first-order valence-electron chi connectivity index (χ1n) is 12.4. The Balaban J connectivity index is 1.14. The number of hydrogen-bond donors (Lipinski definition) is 0. The van der Waals surface area contributed by atoms with Crippen molar-refractivity contribution < 1.29 is 18.7 Å². The molecular weight excluding hydrogens is 452 g/mol. The van der Waals surface area contributed by atoms with E-state index in [1.807, 2.05) is 96.8 Å². The molecule has 1 aliphatic rings. The van der Waals surface area contributed by atoms with Crippen molar-refractivity contribution in [2.45, 2.75) is 38.8 Å². The molecule has 0 unspecified atom stereocenters. The Labute approximate surface area is 211 Å². The lowest BCUT2D eigenvalue weighted by molar-refractivity contribution is 0.0920. The van der Waals surface area contributed by atoms with Crippen LogP contribution in [0.2, 0.25) is 0 Å². The zero-order chi connectivity index (χ0) is 24.7. The molecule has 0 radical (unpaired) electrons. The number of aromatic nitrogens is 1. The third kappa shape index (κ3) is 5.60. The second-order valence-electron chi connectivity index (χ2n) is 8.95. The highest BCUT2D eigenvalue weighted by Gasteiger charge is 2.31. The van der Waals surface area contributed by atoms with Gasteiger partial charge in [0.25, 0.3) is 0 Å². The standard InChI is InChI=1S/C30H30N2O4/c1-22-27(31-29(36-22)25-11-6-3-7-12-25)18-20-34-26-16-14-24(15-17-26)28-13-8-19-32(28)30(33)35-21-23-9-4-2-5-10-23/h2-7,9-12,14-17,28H,8,13,18-21H2,1H3/t28-/m1/s1. The molecule has 0 spiro atoms. The van der Waals surface area contributed by atoms with Crippen molar-refractivity contribution in [2.75, 3.05) is 13.2 Å². The van der Waals surface area contributed by atoms with E-state index in [9.17, 15) is 4.79 Å². The van der Waals surface area contributed by atoms with Crippen LogP contribution in [-0.4, -0.2) is 29.1 Å². The van der Waals surface area contributed by atoms with Gasteiger partial charge in [0.05, 0.1) is 18.3 Å². The summed E-state index contributed by atoms with van der Waals surface area (Å²) in [5.41, 5.74) is 3.95. The second-order valence-corrected chi connectivity index (χ2v) is 8.95. The molecule has 2 heterocycles. The third-order valence-corrected chi connectivity index (χ3v) is 6.48. The lowest BCUT2D eigenvalue weighted by Crippen LogP contribution is -2.31. The molecule has 1 aromatic heterocycles. The average Bonchev–Trinajstić information content (AvgIpc) is 3.56. The number of nitrogens with zero attached hydrogens (tertiary/aromatic N) is 2. The maximum Gasteiger partial charge on any atom is 0.410 e. The maximum atomic E-state index is 12.7. The van der Waals surface area contributed by atoms with E-state index in [2.05, 4.69) is 4.98 Å². The van der Waals surface area contributed by atoms with Gasteiger partial charge in [0, 0.05) is 18.5 Å². The summed E-state index contributed by atoms with van der Waals surface area (Å²) in [6.07, 6.45) is 2.29. The molecule has 36 heavy (non-hydrogen) atoms. The lowest BCUT2D eigenvalue weighted by Gasteiger charge is -2.24. The van der Waals surface area contributed by atoms with Crippen molar-refractivity contribution in [3.05, 3.63) is 108 Å². The van der Waals surface area contributed by atoms with Crippen LogP contribution >= 0.6 is 0 Å². The van der Waals surface area contributed by atoms with Gasteiger partial charge in [-0.1, -0.05) is 60.7 Å². The second kappa shape index (κ2) is 11.1. The van der Waals surface area contributed by atoms with Crippen LogP contribution in [0.1, 0.15) is 41.5 Å². The number of aryl methyl sites for hydroxylation is 1. The molecule has 1 atom stereocenters. The first-order valence-corrected chi connectivity index (χ1v) is 12.4. The lowest BCUT2D eigenvalue weighted by atomic mass is 10.0. The summed E-state index contributed by atoms with van der Waals surface area (Å²) in [5, 5.41) is 0. The third-order valence-electron chi connectivity index (χ3n) is 6.48. The van der Waals surface area contributed by atoms with Crippen LogP contribution in [0.25, 0.3) is 11.5 Å². The largest absolute Gasteiger partial charge is 0.493 e. The van der Waals surface area contributed by atoms with Crippen molar-refractivity contribution in [1.29, 1.82) is 0 Å². The Morgan fingerprint density at radius 1 is 1.00 bits per heavy atom. The van der Waals surface area contributed by atoms with Crippen molar-refractivity contribution in [3.8, 4) is 17.2 Å². The minimum Gasteiger partial charge on any atom is -0.493 e. The normalized spacial score (nSPS) is 15.1. The molecule has 1 amide bonds. The highest BCUT2D eigenvalue weighted by Crippen LogP contribution is 2.33. The number of ether oxygens (including phenoxy) is 2. The molecule has 0 bridgehead atoms. The van der Waals surface area contributed by atoms with E-state index >= 15 is 0 Å². The number of benzene rings is 3. The molecule has 1 saturated heterocycles. The highest BCUT2D eigenvalue weighted by atomic mass is 16.6. The molecular formula is C30H30N2O4. The van der Waals surface area contributed by atoms with Crippen LogP contribution in [0.4, 0.5) is 4.79 Å². The number of amides is 1. The van der Waals surface area contributed by atoms with Gasteiger partial charge in [0.15, 0.2) is 0 Å². The SMILES string of the molecule is Cc1oc(-c2ccccc2)nc1CCOc1ccc([C@H]2CCCN2C(=O)OCc2ccccc2)cc1. The minimum absolute atomic E-state index is 0.0245. The fourth-order valence-electron chi connectivity index (χ4n) is 4.55. The molecule has 5 rings (SSSR count). The van der Waals surface area contributed by atoms with Gasteiger partial charge in [0.2, 0.25) is 5.89 Å². The Bertz CT molecular complexity index is 1270. The predicted molar refractivity (Wildman–Crippen MR) is 138 cm³/mol. The van der Waals surface area contributed by atoms with E-state index in [0.717, 1.165) is 46.7 Å². The topological polar surface area (TPSA) is 64.8 Å². The van der Waals surface area contributed by atoms with Crippen LogP contribution in [0.3, 0.4) is 0 Å². The van der Waals surface area contributed by atoms with E-state index in [1.165, 1.54) is 0 Å². The van der Waals surface area contributed by atoms with Gasteiger partial charge in [-0.05, 0) is 55.2 Å². The number of carbonyl (C=O) groups is 1. The summed E-state index contributed by atoms with van der Waals surface area (Å²) in [5.74, 6) is 2.24. The van der Waals surface area contributed by atoms with Crippen LogP contribution in [0.5, 0.6) is 5.75 Å². The molecule has 6 heteroatoms. The Kier molecular flexibility index (Phi) is 7.31. The van der Waals surface area contributed by atoms with Crippen LogP contribution in [0, 0.1) is 6.92 Å². The number of likely N-dealkylation sites (tertiary alicyclic amines) is 1. The number of hydrogen-bond acceptors (Lipinski definition) is 5. The summed E-state index contributed by atoms with van der Waals surface area (Å²) < 4.78 is 17.4. The first-order chi connectivity index (χ1) is 17.7. The Morgan fingerprint density at radius 2 is 1.72 bits per heavy atom. The Hall–Kier alpha value is -4.06. The smallest absolute Gasteiger partial charge is 0.410 e. The predicted octanol–water partition coefficient (Wildman–Crippen LogP) is 6.75. The molecule has 6 nitrogen and oxygen atoms in total. The van der Waals surface area contributed by atoms with Crippen molar-refractivity contribution in [3.63, 3.8) is 0 Å². The van der Waals surface area contributed by atoms with E-state index in [0.29, 0.717) is 25.5 Å². The molecule has 0 saturated carbocycles. The van der Waals surface area contributed by atoms with Gasteiger partial charge >= 0.3 is 6.09 Å². The van der Waals surface area contributed by atoms with Crippen molar-refractivity contribution >= 4 is 6.09 Å². The fourth-order valence-corrected chi connectivity index (χ4v) is 4.55. The van der Waals surface area contributed by atoms with Crippen LogP contribution < -0.4 is 4.74 Å². The van der Waals surface area contributed by atoms with Crippen LogP contribution in [-0.2, 0) is 17.8 Å². The summed E-state index contributed by atoms with van der Waals surface area (Å²) in [4.78, 5) is 19.2. The van der Waals surface area contributed by atoms with Gasteiger partial charge in [-0.25, -0.2) is 9.78 Å². The fraction of sp³-hybridized carbons (Fsp3) is 0.267. The van der Waals surface area contributed by atoms with Gasteiger partial charge in [0.1, 0.15) is 18.1 Å². The van der Waals surface area contributed by atoms with Crippen molar-refractivity contribution in [1.82, 2.24) is 9.88 Å². The zero-order valence-corrected chi connectivity index (χ0v) is 20.4. The number of rotatable bonds is 8. The summed E-state index contributed by atoms with van der Waals surface area (Å²) in [6.45, 7) is 3.43. The summed E-state index contributed by atoms with van der Waals surface area (Å²) in [6, 6.07) is 27.7. The van der Waals surface area contributed by atoms with Crippen molar-refractivity contribution in [2.24, 2.45) is 0 Å². The number of oxazole rings is 1. The van der Waals surface area contributed by atoms with Gasteiger partial charge < -0.3 is 18.8 Å². The highest BCUT2D eigenvalue weighted by molar-refractivity contribution is 5.69. The molecule has 0 N–H and O–H groups in total. The monoisotopic (exact) mass is 482 g/mol. The van der Waals surface area contributed by atoms with Crippen LogP contribution in [0.15, 0.2) is 89.3 Å². The molecule has 0 aliphatic carbocycles. The minimum atomic E-state index is -0.264. The van der Waals surface area contributed by atoms with Gasteiger partial charge in [-0.2, -0.15) is 0 Å². The van der Waals surface area contributed by atoms with E-state index < -0.39 is 0 Å². The average molecular weight is 483 g/mol. The molecule has 184 valence electrons. The zero-order valence-electron chi connectivity index (χ0n) is 20.4. The molecule has 1 fully saturated rings. The van der Waals surface area contributed by atoms with E-state index in [4.69, 9.17) is 13.9 Å². The molecule has 4 aromatic rings. The molecule has 3 aromatic carbocycles. The van der Waals surface area contributed by atoms with Gasteiger partial charge in [-0.15, -0.1) is 0 Å².